The molecule has 0 radical (unpaired) electrons. The fraction of sp³-hybridized carbons (Fsp3) is 0.750. The van der Waals surface area contributed by atoms with E-state index in [1.165, 1.54) is 77.0 Å². The van der Waals surface area contributed by atoms with Crippen LogP contribution in [0.5, 0.6) is 0 Å². The predicted molar refractivity (Wildman–Crippen MR) is 151 cm³/mol. The third kappa shape index (κ3) is 12.9. The van der Waals surface area contributed by atoms with E-state index in [4.69, 9.17) is 9.47 Å². The van der Waals surface area contributed by atoms with E-state index in [-0.39, 0.29) is 5.97 Å². The van der Waals surface area contributed by atoms with Gasteiger partial charge in [-0.3, -0.25) is 0 Å². The van der Waals surface area contributed by atoms with E-state index in [2.05, 4.69) is 20.8 Å². The second-order valence-electron chi connectivity index (χ2n) is 10.1. The number of ether oxygens (including phenoxy) is 2. The lowest BCUT2D eigenvalue weighted by Gasteiger charge is -2.16. The Morgan fingerprint density at radius 1 is 0.556 bits per heavy atom. The van der Waals surface area contributed by atoms with Gasteiger partial charge in [-0.25, -0.2) is 9.59 Å². The first-order chi connectivity index (χ1) is 17.6. The molecule has 4 heteroatoms. The molecule has 0 aliphatic heterocycles. The highest BCUT2D eigenvalue weighted by atomic mass is 16.5. The maximum Gasteiger partial charge on any atom is 0.339 e. The van der Waals surface area contributed by atoms with Crippen LogP contribution in [-0.2, 0) is 22.3 Å². The first-order valence-corrected chi connectivity index (χ1v) is 15.1. The van der Waals surface area contributed by atoms with Crippen LogP contribution in [0.15, 0.2) is 12.1 Å². The SMILES string of the molecule is CCCCCCCCCCOC(=O)c1ccc(CC)c(CC)c1C(=O)OCCCCCCCCCC. The first kappa shape index (κ1) is 32.2. The third-order valence-corrected chi connectivity index (χ3v) is 7.03. The summed E-state index contributed by atoms with van der Waals surface area (Å²) in [5, 5.41) is 0. The van der Waals surface area contributed by atoms with Crippen molar-refractivity contribution in [2.45, 2.75) is 143 Å². The molecule has 0 aromatic heterocycles. The van der Waals surface area contributed by atoms with Gasteiger partial charge in [0.2, 0.25) is 0 Å². The number of carbonyl (C=O) groups is 2. The minimum absolute atomic E-state index is 0.351. The number of unbranched alkanes of at least 4 members (excludes halogenated alkanes) is 14. The highest BCUT2D eigenvalue weighted by Gasteiger charge is 2.24. The fourth-order valence-electron chi connectivity index (χ4n) is 4.78. The van der Waals surface area contributed by atoms with Crippen LogP contribution in [0.25, 0.3) is 0 Å². The van der Waals surface area contributed by atoms with Crippen LogP contribution in [0.2, 0.25) is 0 Å². The summed E-state index contributed by atoms with van der Waals surface area (Å²) >= 11 is 0. The van der Waals surface area contributed by atoms with Gasteiger partial charge >= 0.3 is 11.9 Å². The zero-order chi connectivity index (χ0) is 26.4. The van der Waals surface area contributed by atoms with Crippen molar-refractivity contribution >= 4 is 11.9 Å². The minimum atomic E-state index is -0.408. The van der Waals surface area contributed by atoms with Crippen molar-refractivity contribution in [2.75, 3.05) is 13.2 Å². The number of esters is 2. The molecule has 0 amide bonds. The van der Waals surface area contributed by atoms with Gasteiger partial charge in [0.05, 0.1) is 24.3 Å². The molecule has 206 valence electrons. The Morgan fingerprint density at radius 3 is 1.44 bits per heavy atom. The second-order valence-corrected chi connectivity index (χ2v) is 10.1. The molecule has 0 saturated carbocycles. The van der Waals surface area contributed by atoms with Crippen molar-refractivity contribution in [1.29, 1.82) is 0 Å². The van der Waals surface area contributed by atoms with E-state index >= 15 is 0 Å². The van der Waals surface area contributed by atoms with Gasteiger partial charge in [-0.05, 0) is 42.9 Å². The molecule has 1 aromatic rings. The van der Waals surface area contributed by atoms with Crippen LogP contribution in [0.4, 0.5) is 0 Å². The Balaban J connectivity index is 2.58. The van der Waals surface area contributed by atoms with Gasteiger partial charge < -0.3 is 9.47 Å². The molecule has 0 spiro atoms. The Morgan fingerprint density at radius 2 is 1.00 bits per heavy atom. The van der Waals surface area contributed by atoms with Gasteiger partial charge in [-0.2, -0.15) is 0 Å². The molecule has 0 aliphatic carbocycles. The zero-order valence-electron chi connectivity index (χ0n) is 23.9. The number of hydrogen-bond acceptors (Lipinski definition) is 4. The quantitative estimate of drug-likeness (QED) is 0.117. The van der Waals surface area contributed by atoms with Crippen molar-refractivity contribution in [1.82, 2.24) is 0 Å². The number of hydrogen-bond donors (Lipinski definition) is 0. The van der Waals surface area contributed by atoms with Crippen LogP contribution in [0.1, 0.15) is 162 Å². The average molecular weight is 503 g/mol. The fourth-order valence-corrected chi connectivity index (χ4v) is 4.78. The molecule has 0 N–H and O–H groups in total. The van der Waals surface area contributed by atoms with Crippen LogP contribution in [-0.4, -0.2) is 25.2 Å². The Bertz CT molecular complexity index is 725. The summed E-state index contributed by atoms with van der Waals surface area (Å²) in [6.07, 6.45) is 20.6. The average Bonchev–Trinajstić information content (AvgIpc) is 2.89. The first-order valence-electron chi connectivity index (χ1n) is 15.1. The lowest BCUT2D eigenvalue weighted by Crippen LogP contribution is -2.18. The lowest BCUT2D eigenvalue weighted by atomic mass is 9.93. The van der Waals surface area contributed by atoms with Crippen molar-refractivity contribution < 1.29 is 19.1 Å². The summed E-state index contributed by atoms with van der Waals surface area (Å²) in [7, 11) is 0. The molecular weight excluding hydrogens is 448 g/mol. The normalized spacial score (nSPS) is 11.0. The summed E-state index contributed by atoms with van der Waals surface area (Å²) in [5.74, 6) is -0.793. The maximum atomic E-state index is 13.1. The highest BCUT2D eigenvalue weighted by Crippen LogP contribution is 2.24. The number of aryl methyl sites for hydroxylation is 1. The van der Waals surface area contributed by atoms with E-state index in [1.54, 1.807) is 6.07 Å². The van der Waals surface area contributed by atoms with E-state index < -0.39 is 5.97 Å². The van der Waals surface area contributed by atoms with Gasteiger partial charge in [-0.15, -0.1) is 0 Å². The topological polar surface area (TPSA) is 52.6 Å². The van der Waals surface area contributed by atoms with Crippen LogP contribution >= 0.6 is 0 Å². The maximum absolute atomic E-state index is 13.1. The van der Waals surface area contributed by atoms with E-state index in [0.29, 0.717) is 30.8 Å². The molecule has 0 unspecified atom stereocenters. The largest absolute Gasteiger partial charge is 0.462 e. The summed E-state index contributed by atoms with van der Waals surface area (Å²) in [6, 6.07) is 3.71. The summed E-state index contributed by atoms with van der Waals surface area (Å²) in [6.45, 7) is 9.37. The summed E-state index contributed by atoms with van der Waals surface area (Å²) in [4.78, 5) is 26.1. The molecule has 1 rings (SSSR count). The smallest absolute Gasteiger partial charge is 0.339 e. The lowest BCUT2D eigenvalue weighted by molar-refractivity contribution is 0.0449. The third-order valence-electron chi connectivity index (χ3n) is 7.03. The van der Waals surface area contributed by atoms with Crippen molar-refractivity contribution in [3.63, 3.8) is 0 Å². The van der Waals surface area contributed by atoms with Gasteiger partial charge in [0.15, 0.2) is 0 Å². The van der Waals surface area contributed by atoms with Crippen molar-refractivity contribution in [2.24, 2.45) is 0 Å². The summed E-state index contributed by atoms with van der Waals surface area (Å²) < 4.78 is 11.2. The van der Waals surface area contributed by atoms with Crippen LogP contribution in [0.3, 0.4) is 0 Å². The van der Waals surface area contributed by atoms with E-state index in [9.17, 15) is 9.59 Å². The van der Waals surface area contributed by atoms with Gasteiger partial charge in [0, 0.05) is 0 Å². The predicted octanol–water partition coefficient (Wildman–Crippen LogP) is 9.41. The molecule has 1 aromatic carbocycles. The van der Waals surface area contributed by atoms with Gasteiger partial charge in [-0.1, -0.05) is 124 Å². The highest BCUT2D eigenvalue weighted by molar-refractivity contribution is 6.04. The Labute approximate surface area is 221 Å². The van der Waals surface area contributed by atoms with E-state index in [1.807, 2.05) is 13.0 Å². The molecule has 0 aliphatic rings. The monoisotopic (exact) mass is 502 g/mol. The standard InChI is InChI=1S/C32H54O4/c1-5-9-11-13-15-17-19-21-25-35-31(33)29-24-23-27(7-3)28(8-4)30(29)32(34)36-26-22-20-18-16-14-12-10-6-2/h23-24H,5-22,25-26H2,1-4H3. The molecule has 0 fully saturated rings. The molecular formula is C32H54O4. The van der Waals surface area contributed by atoms with Crippen molar-refractivity contribution in [3.8, 4) is 0 Å². The molecule has 4 nitrogen and oxygen atoms in total. The molecule has 0 saturated heterocycles. The van der Waals surface area contributed by atoms with Crippen LogP contribution in [0, 0.1) is 0 Å². The summed E-state index contributed by atoms with van der Waals surface area (Å²) in [5.41, 5.74) is 2.78. The Kier molecular flexibility index (Phi) is 19.0. The molecule has 36 heavy (non-hydrogen) atoms. The zero-order valence-corrected chi connectivity index (χ0v) is 23.9. The van der Waals surface area contributed by atoms with E-state index in [0.717, 1.165) is 43.2 Å². The Hall–Kier alpha value is -1.84. The molecule has 0 atom stereocenters. The van der Waals surface area contributed by atoms with Crippen LogP contribution < -0.4 is 0 Å². The molecule has 0 bridgehead atoms. The number of rotatable bonds is 22. The van der Waals surface area contributed by atoms with Gasteiger partial charge in [0.1, 0.15) is 0 Å². The molecule has 0 heterocycles. The number of benzene rings is 1. The van der Waals surface area contributed by atoms with Crippen molar-refractivity contribution in [3.05, 3.63) is 34.4 Å². The van der Waals surface area contributed by atoms with Gasteiger partial charge in [0.25, 0.3) is 0 Å². The second kappa shape index (κ2) is 21.3. The minimum Gasteiger partial charge on any atom is -0.462 e. The number of carbonyl (C=O) groups excluding carboxylic acids is 2.